The lowest BCUT2D eigenvalue weighted by molar-refractivity contribution is -0.274. The summed E-state index contributed by atoms with van der Waals surface area (Å²) in [7, 11) is 1.43. The first-order valence-corrected chi connectivity index (χ1v) is 7.01. The Kier molecular flexibility index (Phi) is 5.40. The standard InChI is InChI=1S/C14H12F4N2O3S/c1-22-5-4-20-10(7-12(21)19-13(20)24)9-6-8(15)2-3-11(9)23-14(16,17)18/h2-3,6-7H,4-5H2,1H3,(H,19,21,24). The Morgan fingerprint density at radius 1 is 1.29 bits per heavy atom. The molecule has 0 amide bonds. The highest BCUT2D eigenvalue weighted by Crippen LogP contribution is 2.34. The predicted octanol–water partition coefficient (Wildman–Crippen LogP) is 3.26. The summed E-state index contributed by atoms with van der Waals surface area (Å²) >= 11 is 5.02. The number of nitrogens with zero attached hydrogens (tertiary/aromatic N) is 1. The molecule has 130 valence electrons. The van der Waals surface area contributed by atoms with Gasteiger partial charge in [-0.05, 0) is 30.4 Å². The monoisotopic (exact) mass is 364 g/mol. The molecule has 0 aliphatic heterocycles. The van der Waals surface area contributed by atoms with E-state index in [2.05, 4.69) is 9.72 Å². The van der Waals surface area contributed by atoms with Crippen molar-refractivity contribution in [1.29, 1.82) is 0 Å². The highest BCUT2D eigenvalue weighted by atomic mass is 32.1. The molecule has 0 unspecified atom stereocenters. The van der Waals surface area contributed by atoms with E-state index in [1.54, 1.807) is 0 Å². The second-order valence-corrected chi connectivity index (χ2v) is 5.04. The third-order valence-electron chi connectivity index (χ3n) is 3.00. The molecule has 0 radical (unpaired) electrons. The molecule has 0 aliphatic rings. The van der Waals surface area contributed by atoms with Gasteiger partial charge < -0.3 is 14.0 Å². The quantitative estimate of drug-likeness (QED) is 0.654. The first-order chi connectivity index (χ1) is 11.2. The van der Waals surface area contributed by atoms with Crippen LogP contribution in [0.2, 0.25) is 0 Å². The van der Waals surface area contributed by atoms with Crippen LogP contribution in [0.25, 0.3) is 11.3 Å². The van der Waals surface area contributed by atoms with Gasteiger partial charge in [0.2, 0.25) is 0 Å². The summed E-state index contributed by atoms with van der Waals surface area (Å²) in [6.07, 6.45) is -4.97. The third kappa shape index (κ3) is 4.42. The zero-order chi connectivity index (χ0) is 17.9. The molecule has 0 saturated heterocycles. The molecule has 1 aromatic heterocycles. The number of rotatable bonds is 5. The zero-order valence-electron chi connectivity index (χ0n) is 12.3. The van der Waals surface area contributed by atoms with Gasteiger partial charge in [0.05, 0.1) is 12.3 Å². The van der Waals surface area contributed by atoms with Crippen molar-refractivity contribution in [3.8, 4) is 17.0 Å². The number of nitrogens with one attached hydrogen (secondary N) is 1. The molecule has 0 fully saturated rings. The fraction of sp³-hybridized carbons (Fsp3) is 0.286. The summed E-state index contributed by atoms with van der Waals surface area (Å²) in [6.45, 7) is 0.321. The lowest BCUT2D eigenvalue weighted by Crippen LogP contribution is -2.20. The molecule has 24 heavy (non-hydrogen) atoms. The molecule has 2 aromatic rings. The number of hydrogen-bond donors (Lipinski definition) is 1. The molecular weight excluding hydrogens is 352 g/mol. The number of aromatic nitrogens is 2. The molecule has 1 heterocycles. The van der Waals surface area contributed by atoms with Crippen LogP contribution in [0.3, 0.4) is 0 Å². The first-order valence-electron chi connectivity index (χ1n) is 6.60. The van der Waals surface area contributed by atoms with Gasteiger partial charge >= 0.3 is 6.36 Å². The second kappa shape index (κ2) is 7.14. The number of methoxy groups -OCH3 is 1. The van der Waals surface area contributed by atoms with Crippen molar-refractivity contribution < 1.29 is 27.0 Å². The summed E-state index contributed by atoms with van der Waals surface area (Å²) in [5.74, 6) is -1.43. The van der Waals surface area contributed by atoms with Crippen LogP contribution in [-0.2, 0) is 11.3 Å². The number of hydrogen-bond acceptors (Lipinski definition) is 4. The number of halogens is 4. The Labute approximate surface area is 138 Å². The smallest absolute Gasteiger partial charge is 0.405 e. The van der Waals surface area contributed by atoms with Gasteiger partial charge in [0.15, 0.2) is 4.77 Å². The largest absolute Gasteiger partial charge is 0.573 e. The van der Waals surface area contributed by atoms with Gasteiger partial charge in [-0.1, -0.05) is 0 Å². The summed E-state index contributed by atoms with van der Waals surface area (Å²) in [5, 5.41) is 0. The molecule has 2 rings (SSSR count). The van der Waals surface area contributed by atoms with E-state index in [0.29, 0.717) is 0 Å². The molecule has 0 bridgehead atoms. The van der Waals surface area contributed by atoms with Gasteiger partial charge in [-0.2, -0.15) is 0 Å². The minimum Gasteiger partial charge on any atom is -0.405 e. The van der Waals surface area contributed by atoms with E-state index in [4.69, 9.17) is 17.0 Å². The predicted molar refractivity (Wildman–Crippen MR) is 79.8 cm³/mol. The van der Waals surface area contributed by atoms with Crippen LogP contribution in [0.15, 0.2) is 29.1 Å². The van der Waals surface area contributed by atoms with E-state index in [-0.39, 0.29) is 29.2 Å². The van der Waals surface area contributed by atoms with E-state index >= 15 is 0 Å². The Hall–Kier alpha value is -2.20. The van der Waals surface area contributed by atoms with Crippen LogP contribution >= 0.6 is 12.2 Å². The van der Waals surface area contributed by atoms with E-state index in [9.17, 15) is 22.4 Å². The summed E-state index contributed by atoms with van der Waals surface area (Å²) in [6, 6.07) is 3.52. The maximum absolute atomic E-state index is 13.6. The van der Waals surface area contributed by atoms with Crippen LogP contribution in [-0.4, -0.2) is 29.6 Å². The number of H-pyrrole nitrogens is 1. The number of benzene rings is 1. The molecule has 0 saturated carbocycles. The minimum atomic E-state index is -4.97. The average Bonchev–Trinajstić information content (AvgIpc) is 2.46. The highest BCUT2D eigenvalue weighted by molar-refractivity contribution is 7.71. The average molecular weight is 364 g/mol. The van der Waals surface area contributed by atoms with Crippen LogP contribution < -0.4 is 10.3 Å². The molecule has 0 aliphatic carbocycles. The summed E-state index contributed by atoms with van der Waals surface area (Å²) in [5.41, 5.74) is -0.897. The van der Waals surface area contributed by atoms with Crippen molar-refractivity contribution in [2.24, 2.45) is 0 Å². The molecule has 1 aromatic carbocycles. The first kappa shape index (κ1) is 18.1. The Morgan fingerprint density at radius 3 is 2.62 bits per heavy atom. The Balaban J connectivity index is 2.69. The Morgan fingerprint density at radius 2 is 2.00 bits per heavy atom. The van der Waals surface area contributed by atoms with Gasteiger partial charge in [0.1, 0.15) is 11.6 Å². The molecular formula is C14H12F4N2O3S. The fourth-order valence-electron chi connectivity index (χ4n) is 2.06. The maximum Gasteiger partial charge on any atom is 0.573 e. The van der Waals surface area contributed by atoms with Crippen molar-refractivity contribution in [2.75, 3.05) is 13.7 Å². The van der Waals surface area contributed by atoms with Crippen LogP contribution in [0.4, 0.5) is 17.6 Å². The molecule has 5 nitrogen and oxygen atoms in total. The van der Waals surface area contributed by atoms with Crippen LogP contribution in [0.1, 0.15) is 0 Å². The van der Waals surface area contributed by atoms with Crippen molar-refractivity contribution in [3.63, 3.8) is 0 Å². The molecule has 0 atom stereocenters. The van der Waals surface area contributed by atoms with Gasteiger partial charge in [-0.15, -0.1) is 13.2 Å². The van der Waals surface area contributed by atoms with Crippen molar-refractivity contribution in [3.05, 3.63) is 45.2 Å². The lowest BCUT2D eigenvalue weighted by atomic mass is 10.1. The fourth-order valence-corrected chi connectivity index (χ4v) is 2.35. The van der Waals surface area contributed by atoms with E-state index in [1.165, 1.54) is 11.7 Å². The van der Waals surface area contributed by atoms with Crippen LogP contribution in [0.5, 0.6) is 5.75 Å². The third-order valence-corrected chi connectivity index (χ3v) is 3.32. The van der Waals surface area contributed by atoms with Gasteiger partial charge in [-0.3, -0.25) is 9.78 Å². The van der Waals surface area contributed by atoms with Crippen molar-refractivity contribution in [1.82, 2.24) is 9.55 Å². The van der Waals surface area contributed by atoms with Crippen molar-refractivity contribution >= 4 is 12.2 Å². The van der Waals surface area contributed by atoms with Gasteiger partial charge in [-0.25, -0.2) is 4.39 Å². The molecule has 0 spiro atoms. The summed E-state index contributed by atoms with van der Waals surface area (Å²) in [4.78, 5) is 14.0. The summed E-state index contributed by atoms with van der Waals surface area (Å²) < 4.78 is 61.4. The number of aromatic amines is 1. The Bertz CT molecular complexity index is 845. The zero-order valence-corrected chi connectivity index (χ0v) is 13.1. The molecule has 10 heteroatoms. The SMILES string of the molecule is COCCn1c(-c2cc(F)ccc2OC(F)(F)F)cc(=O)[nH]c1=S. The van der Waals surface area contributed by atoms with E-state index in [1.807, 2.05) is 0 Å². The maximum atomic E-state index is 13.6. The number of alkyl halides is 3. The van der Waals surface area contributed by atoms with Crippen LogP contribution in [0, 0.1) is 10.6 Å². The lowest BCUT2D eigenvalue weighted by Gasteiger charge is -2.17. The molecule has 1 N–H and O–H groups in total. The second-order valence-electron chi connectivity index (χ2n) is 4.66. The van der Waals surface area contributed by atoms with Crippen molar-refractivity contribution in [2.45, 2.75) is 12.9 Å². The minimum absolute atomic E-state index is 0.0143. The van der Waals surface area contributed by atoms with Gasteiger partial charge in [0, 0.05) is 25.3 Å². The topological polar surface area (TPSA) is 56.2 Å². The van der Waals surface area contributed by atoms with E-state index < -0.39 is 23.5 Å². The normalized spacial score (nSPS) is 11.5. The number of ether oxygens (including phenoxy) is 2. The van der Waals surface area contributed by atoms with Gasteiger partial charge in [0.25, 0.3) is 5.56 Å². The highest BCUT2D eigenvalue weighted by Gasteiger charge is 2.32. The van der Waals surface area contributed by atoms with E-state index in [0.717, 1.165) is 24.3 Å².